The summed E-state index contributed by atoms with van der Waals surface area (Å²) in [6.45, 7) is 0.250. The van der Waals surface area contributed by atoms with Crippen molar-refractivity contribution in [2.45, 2.75) is 44.8 Å². The van der Waals surface area contributed by atoms with Gasteiger partial charge < -0.3 is 9.84 Å². The Hall–Kier alpha value is -1.79. The fourth-order valence-electron chi connectivity index (χ4n) is 2.44. The Bertz CT molecular complexity index is 484. The van der Waals surface area contributed by atoms with Gasteiger partial charge in [-0.2, -0.15) is 0 Å². The van der Waals surface area contributed by atoms with Gasteiger partial charge in [-0.05, 0) is 24.3 Å². The lowest BCUT2D eigenvalue weighted by atomic mass is 9.84. The van der Waals surface area contributed by atoms with Gasteiger partial charge in [0.25, 0.3) is 0 Å². The Morgan fingerprint density at radius 3 is 2.75 bits per heavy atom. The van der Waals surface area contributed by atoms with Gasteiger partial charge in [-0.15, -0.1) is 0 Å². The monoisotopic (exact) mass is 272 g/mol. The van der Waals surface area contributed by atoms with Crippen LogP contribution in [0.3, 0.4) is 0 Å². The molecule has 1 aromatic rings. The predicted molar refractivity (Wildman–Crippen MR) is 76.6 cm³/mol. The molecule has 0 spiro atoms. The molecule has 1 saturated carbocycles. The zero-order valence-electron chi connectivity index (χ0n) is 11.5. The summed E-state index contributed by atoms with van der Waals surface area (Å²) >= 11 is 0. The third-order valence-electron chi connectivity index (χ3n) is 3.64. The standard InChI is InChI=1S/C17H20O3/c18-16-11-5-4-9-15(16)10-6-12-17(19)20-13-14-7-2-1-3-8-14/h1-3,7-8,15-16,18H,4-5,9-11,13H2/t15-,16+/m0/s1. The Morgan fingerprint density at radius 1 is 1.25 bits per heavy atom. The van der Waals surface area contributed by atoms with Crippen LogP contribution in [0.1, 0.15) is 37.7 Å². The SMILES string of the molecule is O=C(C#CC[C@@H]1CCCC[C@H]1O)OCc1ccccc1. The number of ether oxygens (including phenoxy) is 1. The largest absolute Gasteiger partial charge is 0.451 e. The Balaban J connectivity index is 1.73. The van der Waals surface area contributed by atoms with Crippen molar-refractivity contribution in [1.82, 2.24) is 0 Å². The third kappa shape index (κ3) is 4.71. The number of carbonyl (C=O) groups is 1. The van der Waals surface area contributed by atoms with Crippen LogP contribution in [0.2, 0.25) is 0 Å². The van der Waals surface area contributed by atoms with Crippen LogP contribution in [0.5, 0.6) is 0 Å². The minimum absolute atomic E-state index is 0.207. The topological polar surface area (TPSA) is 46.5 Å². The maximum absolute atomic E-state index is 11.5. The van der Waals surface area contributed by atoms with E-state index >= 15 is 0 Å². The molecule has 0 amide bonds. The molecule has 0 saturated heterocycles. The van der Waals surface area contributed by atoms with Crippen molar-refractivity contribution < 1.29 is 14.6 Å². The molecular weight excluding hydrogens is 252 g/mol. The molecule has 1 aromatic carbocycles. The molecule has 3 heteroatoms. The van der Waals surface area contributed by atoms with Crippen molar-refractivity contribution in [2.24, 2.45) is 5.92 Å². The van der Waals surface area contributed by atoms with Crippen LogP contribution < -0.4 is 0 Å². The Morgan fingerprint density at radius 2 is 2.00 bits per heavy atom. The summed E-state index contributed by atoms with van der Waals surface area (Å²) in [5, 5.41) is 9.80. The smallest absolute Gasteiger partial charge is 0.384 e. The summed E-state index contributed by atoms with van der Waals surface area (Å²) in [7, 11) is 0. The first-order valence-corrected chi connectivity index (χ1v) is 7.13. The van der Waals surface area contributed by atoms with Gasteiger partial charge in [-0.25, -0.2) is 4.79 Å². The van der Waals surface area contributed by atoms with E-state index in [1.165, 1.54) is 0 Å². The normalized spacial score (nSPS) is 21.6. The zero-order chi connectivity index (χ0) is 14.2. The summed E-state index contributed by atoms with van der Waals surface area (Å²) in [6.07, 6.45) is 4.38. The van der Waals surface area contributed by atoms with Crippen molar-refractivity contribution in [1.29, 1.82) is 0 Å². The van der Waals surface area contributed by atoms with Crippen LogP contribution in [0.4, 0.5) is 0 Å². The first-order chi connectivity index (χ1) is 9.75. The average Bonchev–Trinajstić information content (AvgIpc) is 2.48. The number of rotatable bonds is 3. The van der Waals surface area contributed by atoms with Crippen LogP contribution >= 0.6 is 0 Å². The molecule has 0 bridgehead atoms. The number of aliphatic hydroxyl groups is 1. The van der Waals surface area contributed by atoms with Gasteiger partial charge in [0.05, 0.1) is 6.10 Å². The number of hydrogen-bond acceptors (Lipinski definition) is 3. The molecule has 0 unspecified atom stereocenters. The number of benzene rings is 1. The van der Waals surface area contributed by atoms with Crippen molar-refractivity contribution in [3.8, 4) is 11.8 Å². The van der Waals surface area contributed by atoms with E-state index in [-0.39, 0.29) is 18.6 Å². The van der Waals surface area contributed by atoms with E-state index in [1.807, 2.05) is 30.3 Å². The Labute approximate surface area is 120 Å². The third-order valence-corrected chi connectivity index (χ3v) is 3.64. The van der Waals surface area contributed by atoms with Crippen LogP contribution in [0.25, 0.3) is 0 Å². The summed E-state index contributed by atoms with van der Waals surface area (Å²) < 4.78 is 5.07. The van der Waals surface area contributed by atoms with Gasteiger partial charge in [0, 0.05) is 12.3 Å². The number of hydrogen-bond donors (Lipinski definition) is 1. The molecule has 1 fully saturated rings. The number of esters is 1. The fraction of sp³-hybridized carbons (Fsp3) is 0.471. The summed E-state index contributed by atoms with van der Waals surface area (Å²) in [6, 6.07) is 9.53. The van der Waals surface area contributed by atoms with Crippen LogP contribution in [-0.4, -0.2) is 17.2 Å². The van der Waals surface area contributed by atoms with E-state index in [0.717, 1.165) is 31.2 Å². The van der Waals surface area contributed by atoms with Gasteiger partial charge in [0.2, 0.25) is 0 Å². The lowest BCUT2D eigenvalue weighted by Crippen LogP contribution is -2.23. The minimum atomic E-state index is -0.501. The first kappa shape index (κ1) is 14.6. The van der Waals surface area contributed by atoms with E-state index in [2.05, 4.69) is 11.8 Å². The maximum Gasteiger partial charge on any atom is 0.384 e. The second-order valence-corrected chi connectivity index (χ2v) is 5.18. The number of aliphatic hydroxyl groups excluding tert-OH is 1. The Kier molecular flexibility index (Phi) is 5.64. The second kappa shape index (κ2) is 7.72. The quantitative estimate of drug-likeness (QED) is 0.523. The van der Waals surface area contributed by atoms with Crippen molar-refractivity contribution in [3.05, 3.63) is 35.9 Å². The molecule has 0 radical (unpaired) electrons. The van der Waals surface area contributed by atoms with Crippen LogP contribution in [0, 0.1) is 17.8 Å². The summed E-state index contributed by atoms with van der Waals surface area (Å²) in [5.74, 6) is 5.04. The maximum atomic E-state index is 11.5. The first-order valence-electron chi connectivity index (χ1n) is 7.13. The molecule has 2 atom stereocenters. The van der Waals surface area contributed by atoms with Crippen molar-refractivity contribution in [2.75, 3.05) is 0 Å². The highest BCUT2D eigenvalue weighted by atomic mass is 16.5. The fourth-order valence-corrected chi connectivity index (χ4v) is 2.44. The molecule has 1 aliphatic rings. The molecular formula is C17H20O3. The molecule has 0 heterocycles. The predicted octanol–water partition coefficient (Wildman–Crippen LogP) is 2.67. The summed E-state index contributed by atoms with van der Waals surface area (Å²) in [5.41, 5.74) is 0.949. The lowest BCUT2D eigenvalue weighted by Gasteiger charge is -2.25. The second-order valence-electron chi connectivity index (χ2n) is 5.18. The van der Waals surface area contributed by atoms with Crippen LogP contribution in [-0.2, 0) is 16.1 Å². The number of carbonyl (C=O) groups excluding carboxylic acids is 1. The van der Waals surface area contributed by atoms with Gasteiger partial charge in [-0.1, -0.05) is 49.1 Å². The van der Waals surface area contributed by atoms with E-state index < -0.39 is 5.97 Å². The van der Waals surface area contributed by atoms with Crippen molar-refractivity contribution >= 4 is 5.97 Å². The van der Waals surface area contributed by atoms with E-state index in [9.17, 15) is 9.90 Å². The average molecular weight is 272 g/mol. The molecule has 1 aliphatic carbocycles. The van der Waals surface area contributed by atoms with E-state index in [0.29, 0.717) is 6.42 Å². The lowest BCUT2D eigenvalue weighted by molar-refractivity contribution is -0.137. The highest BCUT2D eigenvalue weighted by Crippen LogP contribution is 2.26. The van der Waals surface area contributed by atoms with Crippen molar-refractivity contribution in [3.63, 3.8) is 0 Å². The van der Waals surface area contributed by atoms with Gasteiger partial charge >= 0.3 is 5.97 Å². The molecule has 3 nitrogen and oxygen atoms in total. The van der Waals surface area contributed by atoms with E-state index in [4.69, 9.17) is 4.74 Å². The highest BCUT2D eigenvalue weighted by Gasteiger charge is 2.21. The van der Waals surface area contributed by atoms with Gasteiger partial charge in [0.1, 0.15) is 6.61 Å². The van der Waals surface area contributed by atoms with E-state index in [1.54, 1.807) is 0 Å². The molecule has 1 N–H and O–H groups in total. The molecule has 106 valence electrons. The summed E-state index contributed by atoms with van der Waals surface area (Å²) in [4.78, 5) is 11.5. The minimum Gasteiger partial charge on any atom is -0.451 e. The molecule has 20 heavy (non-hydrogen) atoms. The molecule has 0 aromatic heterocycles. The highest BCUT2D eigenvalue weighted by molar-refractivity contribution is 5.88. The van der Waals surface area contributed by atoms with Gasteiger partial charge in [-0.3, -0.25) is 0 Å². The zero-order valence-corrected chi connectivity index (χ0v) is 11.5. The molecule has 2 rings (SSSR count). The van der Waals surface area contributed by atoms with Crippen LogP contribution in [0.15, 0.2) is 30.3 Å². The molecule has 0 aliphatic heterocycles. The van der Waals surface area contributed by atoms with Gasteiger partial charge in [0.15, 0.2) is 0 Å².